The van der Waals surface area contributed by atoms with Crippen molar-refractivity contribution in [1.29, 1.82) is 0 Å². The van der Waals surface area contributed by atoms with Crippen LogP contribution < -0.4 is 11.1 Å². The molecular weight excluding hydrogens is 204 g/mol. The fraction of sp³-hybridized carbons (Fsp3) is 0.200. The van der Waals surface area contributed by atoms with E-state index in [0.717, 1.165) is 11.4 Å². The van der Waals surface area contributed by atoms with Crippen molar-refractivity contribution in [2.45, 2.75) is 13.5 Å². The monoisotopic (exact) mass is 216 g/mol. The minimum Gasteiger partial charge on any atom is -0.368 e. The van der Waals surface area contributed by atoms with Crippen LogP contribution in [-0.4, -0.2) is 19.9 Å². The van der Waals surface area contributed by atoms with Crippen molar-refractivity contribution in [2.24, 2.45) is 0 Å². The molecule has 2 heterocycles. The van der Waals surface area contributed by atoms with Crippen LogP contribution in [0, 0.1) is 6.92 Å². The summed E-state index contributed by atoms with van der Waals surface area (Å²) in [7, 11) is 0. The van der Waals surface area contributed by atoms with Gasteiger partial charge in [-0.1, -0.05) is 0 Å². The summed E-state index contributed by atoms with van der Waals surface area (Å²) in [5.41, 5.74) is 7.21. The van der Waals surface area contributed by atoms with E-state index in [1.54, 1.807) is 24.7 Å². The summed E-state index contributed by atoms with van der Waals surface area (Å²) in [5, 5.41) is 3.09. The van der Waals surface area contributed by atoms with Crippen LogP contribution in [-0.2, 0) is 6.54 Å². The van der Waals surface area contributed by atoms with Gasteiger partial charge in [0.25, 0.3) is 0 Å². The van der Waals surface area contributed by atoms with Crippen LogP contribution in [0.15, 0.2) is 24.7 Å². The third kappa shape index (κ3) is 2.63. The second-order valence-corrected chi connectivity index (χ2v) is 3.30. The van der Waals surface area contributed by atoms with Crippen LogP contribution in [0.1, 0.15) is 11.4 Å². The van der Waals surface area contributed by atoms with E-state index in [9.17, 15) is 0 Å². The Labute approximate surface area is 93.0 Å². The quantitative estimate of drug-likeness (QED) is 0.787. The molecule has 2 aromatic rings. The highest BCUT2D eigenvalue weighted by Gasteiger charge is 1.97. The van der Waals surface area contributed by atoms with Gasteiger partial charge in [-0.3, -0.25) is 9.97 Å². The Bertz CT molecular complexity index is 467. The SMILES string of the molecule is Cc1cnc(CNc2ccnc(N)n2)cn1. The second-order valence-electron chi connectivity index (χ2n) is 3.30. The van der Waals surface area contributed by atoms with E-state index in [1.165, 1.54) is 0 Å². The maximum absolute atomic E-state index is 5.46. The van der Waals surface area contributed by atoms with E-state index >= 15 is 0 Å². The van der Waals surface area contributed by atoms with E-state index in [1.807, 2.05) is 6.92 Å². The van der Waals surface area contributed by atoms with Crippen molar-refractivity contribution in [1.82, 2.24) is 19.9 Å². The van der Waals surface area contributed by atoms with E-state index in [2.05, 4.69) is 25.3 Å². The molecule has 0 aliphatic heterocycles. The molecule has 0 aromatic carbocycles. The maximum Gasteiger partial charge on any atom is 0.221 e. The molecule has 0 saturated carbocycles. The zero-order valence-corrected chi connectivity index (χ0v) is 8.88. The minimum atomic E-state index is 0.250. The molecule has 0 amide bonds. The molecule has 0 aliphatic carbocycles. The first-order valence-electron chi connectivity index (χ1n) is 4.84. The van der Waals surface area contributed by atoms with Crippen LogP contribution in [0.2, 0.25) is 0 Å². The van der Waals surface area contributed by atoms with Gasteiger partial charge in [-0.25, -0.2) is 4.98 Å². The third-order valence-corrected chi connectivity index (χ3v) is 1.96. The Hall–Kier alpha value is -2.24. The van der Waals surface area contributed by atoms with Gasteiger partial charge in [0, 0.05) is 12.4 Å². The summed E-state index contributed by atoms with van der Waals surface area (Å²) < 4.78 is 0. The average molecular weight is 216 g/mol. The summed E-state index contributed by atoms with van der Waals surface area (Å²) in [6, 6.07) is 1.75. The van der Waals surface area contributed by atoms with Gasteiger partial charge >= 0.3 is 0 Å². The van der Waals surface area contributed by atoms with Crippen molar-refractivity contribution in [3.63, 3.8) is 0 Å². The second kappa shape index (κ2) is 4.52. The summed E-state index contributed by atoms with van der Waals surface area (Å²) in [5.74, 6) is 0.926. The number of aryl methyl sites for hydroxylation is 1. The number of nitrogens with one attached hydrogen (secondary N) is 1. The normalized spacial score (nSPS) is 10.1. The lowest BCUT2D eigenvalue weighted by Crippen LogP contribution is -2.05. The number of aromatic nitrogens is 4. The van der Waals surface area contributed by atoms with Gasteiger partial charge in [0.1, 0.15) is 5.82 Å². The number of nitrogens with zero attached hydrogens (tertiary/aromatic N) is 4. The Morgan fingerprint density at radius 3 is 2.81 bits per heavy atom. The van der Waals surface area contributed by atoms with Crippen LogP contribution in [0.3, 0.4) is 0 Å². The number of anilines is 2. The molecule has 0 radical (unpaired) electrons. The maximum atomic E-state index is 5.46. The number of hydrogen-bond donors (Lipinski definition) is 2. The lowest BCUT2D eigenvalue weighted by molar-refractivity contribution is 0.974. The van der Waals surface area contributed by atoms with Gasteiger partial charge in [0.2, 0.25) is 5.95 Å². The molecule has 6 heteroatoms. The highest BCUT2D eigenvalue weighted by molar-refractivity contribution is 5.37. The summed E-state index contributed by atoms with van der Waals surface area (Å²) in [6.07, 6.45) is 5.06. The standard InChI is InChI=1S/C10H12N6/c1-7-4-14-8(5-13-7)6-15-9-2-3-12-10(11)16-9/h2-5H,6H2,1H3,(H3,11,12,15,16). The Kier molecular flexibility index (Phi) is 2.90. The number of hydrogen-bond acceptors (Lipinski definition) is 6. The van der Waals surface area contributed by atoms with E-state index in [4.69, 9.17) is 5.73 Å². The smallest absolute Gasteiger partial charge is 0.221 e. The van der Waals surface area contributed by atoms with Gasteiger partial charge in [-0.05, 0) is 13.0 Å². The molecule has 2 rings (SSSR count). The zero-order valence-electron chi connectivity index (χ0n) is 8.88. The first-order valence-corrected chi connectivity index (χ1v) is 4.84. The van der Waals surface area contributed by atoms with Gasteiger partial charge in [0.15, 0.2) is 0 Å². The van der Waals surface area contributed by atoms with E-state index in [-0.39, 0.29) is 5.95 Å². The number of nitrogen functional groups attached to an aromatic ring is 1. The lowest BCUT2D eigenvalue weighted by Gasteiger charge is -2.04. The van der Waals surface area contributed by atoms with Crippen molar-refractivity contribution in [3.05, 3.63) is 36.0 Å². The van der Waals surface area contributed by atoms with Crippen molar-refractivity contribution < 1.29 is 0 Å². The molecule has 0 fully saturated rings. The molecule has 0 bridgehead atoms. The summed E-state index contributed by atoms with van der Waals surface area (Å²) >= 11 is 0. The molecule has 0 unspecified atom stereocenters. The first kappa shape index (κ1) is 10.3. The van der Waals surface area contributed by atoms with Crippen LogP contribution >= 0.6 is 0 Å². The van der Waals surface area contributed by atoms with Crippen molar-refractivity contribution >= 4 is 11.8 Å². The number of nitrogens with two attached hydrogens (primary N) is 1. The van der Waals surface area contributed by atoms with Crippen molar-refractivity contribution in [2.75, 3.05) is 11.1 Å². The number of rotatable bonds is 3. The highest BCUT2D eigenvalue weighted by Crippen LogP contribution is 2.04. The van der Waals surface area contributed by atoms with Gasteiger partial charge < -0.3 is 11.1 Å². The molecule has 82 valence electrons. The zero-order chi connectivity index (χ0) is 11.4. The summed E-state index contributed by atoms with van der Waals surface area (Å²) in [6.45, 7) is 2.46. The molecule has 0 spiro atoms. The van der Waals surface area contributed by atoms with E-state index in [0.29, 0.717) is 12.4 Å². The largest absolute Gasteiger partial charge is 0.368 e. The molecule has 0 saturated heterocycles. The molecular formula is C10H12N6. The van der Waals surface area contributed by atoms with Gasteiger partial charge in [-0.2, -0.15) is 4.98 Å². The van der Waals surface area contributed by atoms with Gasteiger partial charge in [0.05, 0.1) is 24.1 Å². The van der Waals surface area contributed by atoms with Crippen LogP contribution in [0.4, 0.5) is 11.8 Å². The Morgan fingerprint density at radius 1 is 1.25 bits per heavy atom. The first-order chi connectivity index (χ1) is 7.74. The summed E-state index contributed by atoms with van der Waals surface area (Å²) in [4.78, 5) is 16.2. The fourth-order valence-electron chi connectivity index (χ4n) is 1.16. The van der Waals surface area contributed by atoms with Crippen LogP contribution in [0.5, 0.6) is 0 Å². The minimum absolute atomic E-state index is 0.250. The molecule has 2 aromatic heterocycles. The predicted octanol–water partition coefficient (Wildman–Crippen LogP) is 0.769. The van der Waals surface area contributed by atoms with Gasteiger partial charge in [-0.15, -0.1) is 0 Å². The highest BCUT2D eigenvalue weighted by atomic mass is 15.1. The van der Waals surface area contributed by atoms with Crippen molar-refractivity contribution in [3.8, 4) is 0 Å². The Morgan fingerprint density at radius 2 is 2.12 bits per heavy atom. The molecule has 6 nitrogen and oxygen atoms in total. The fourth-order valence-corrected chi connectivity index (χ4v) is 1.16. The Balaban J connectivity index is 1.99. The predicted molar refractivity (Wildman–Crippen MR) is 60.5 cm³/mol. The molecule has 0 atom stereocenters. The average Bonchev–Trinajstić information content (AvgIpc) is 2.28. The third-order valence-electron chi connectivity index (χ3n) is 1.96. The molecule has 0 aliphatic rings. The molecule has 3 N–H and O–H groups in total. The molecule has 16 heavy (non-hydrogen) atoms. The van der Waals surface area contributed by atoms with Crippen LogP contribution in [0.25, 0.3) is 0 Å². The lowest BCUT2D eigenvalue weighted by atomic mass is 10.4. The topological polar surface area (TPSA) is 89.6 Å². The van der Waals surface area contributed by atoms with E-state index < -0.39 is 0 Å².